The van der Waals surface area contributed by atoms with Gasteiger partial charge in [-0.15, -0.1) is 0 Å². The zero-order valence-corrected chi connectivity index (χ0v) is 18.4. The highest BCUT2D eigenvalue weighted by Gasteiger charge is 2.35. The Morgan fingerprint density at radius 2 is 1.77 bits per heavy atom. The molecule has 5 nitrogen and oxygen atoms in total. The monoisotopic (exact) mass is 421 g/mol. The van der Waals surface area contributed by atoms with Gasteiger partial charge in [0.2, 0.25) is 0 Å². The zero-order chi connectivity index (χ0) is 22.4. The molecule has 0 heterocycles. The number of unbranched alkanes of at least 4 members (excludes halogenated alkanes) is 2. The lowest BCUT2D eigenvalue weighted by Gasteiger charge is -2.30. The second-order valence-electron chi connectivity index (χ2n) is 9.11. The van der Waals surface area contributed by atoms with Gasteiger partial charge in [-0.2, -0.15) is 0 Å². The molecule has 2 aromatic rings. The molecule has 2 aromatic carbocycles. The Balaban J connectivity index is 1.88. The molecule has 0 unspecified atom stereocenters. The molecule has 0 radical (unpaired) electrons. The molecular weight excluding hydrogens is 390 g/mol. The van der Waals surface area contributed by atoms with Crippen LogP contribution in [0, 0.1) is 5.41 Å². The Labute approximate surface area is 183 Å². The molecule has 0 bridgehead atoms. The molecule has 0 atom stereocenters. The molecule has 164 valence electrons. The summed E-state index contributed by atoms with van der Waals surface area (Å²) in [6.07, 6.45) is 3.61. The minimum atomic E-state index is -0.786. The predicted octanol–water partition coefficient (Wildman–Crippen LogP) is 5.67. The third-order valence-electron chi connectivity index (χ3n) is 5.73. The van der Waals surface area contributed by atoms with Crippen molar-refractivity contribution in [3.63, 3.8) is 0 Å². The van der Waals surface area contributed by atoms with Gasteiger partial charge in [-0.1, -0.05) is 62.7 Å². The number of carbonyl (C=O) groups excluding carboxylic acids is 1. The Morgan fingerprint density at radius 1 is 1.03 bits per heavy atom. The Kier molecular flexibility index (Phi) is 7.26. The maximum absolute atomic E-state index is 13.0. The van der Waals surface area contributed by atoms with Gasteiger partial charge < -0.3 is 10.2 Å². The molecule has 3 rings (SSSR count). The molecule has 0 amide bonds. The normalized spacial score (nSPS) is 16.7. The van der Waals surface area contributed by atoms with Gasteiger partial charge in [0.1, 0.15) is 5.76 Å². The van der Waals surface area contributed by atoms with Crippen LogP contribution in [0.2, 0.25) is 0 Å². The van der Waals surface area contributed by atoms with Crippen molar-refractivity contribution in [3.8, 4) is 0 Å². The van der Waals surface area contributed by atoms with Crippen LogP contribution < -0.4 is 0 Å². The summed E-state index contributed by atoms with van der Waals surface area (Å²) in [5, 5.41) is 21.8. The number of hydrogen-bond acceptors (Lipinski definition) is 4. The third kappa shape index (κ3) is 6.03. The molecule has 1 aliphatic carbocycles. The minimum absolute atomic E-state index is 0.0568. The van der Waals surface area contributed by atoms with Crippen molar-refractivity contribution in [3.05, 3.63) is 59.4 Å². The Hall–Kier alpha value is -2.95. The van der Waals surface area contributed by atoms with Crippen molar-refractivity contribution in [2.45, 2.75) is 58.8 Å². The van der Waals surface area contributed by atoms with E-state index in [1.54, 1.807) is 0 Å². The number of ketones is 1. The summed E-state index contributed by atoms with van der Waals surface area (Å²) in [6, 6.07) is 14.2. The highest BCUT2D eigenvalue weighted by molar-refractivity contribution is 6.24. The van der Waals surface area contributed by atoms with E-state index in [1.807, 2.05) is 38.1 Å². The lowest BCUT2D eigenvalue weighted by Crippen LogP contribution is -2.30. The Bertz CT molecular complexity index is 1030. The molecule has 2 N–H and O–H groups in total. The van der Waals surface area contributed by atoms with Crippen LogP contribution in [0.4, 0.5) is 0 Å². The fourth-order valence-corrected chi connectivity index (χ4v) is 4.24. The van der Waals surface area contributed by atoms with E-state index in [-0.39, 0.29) is 23.4 Å². The standard InChI is InChI=1S/C26H31NO4/c1-26(2)16-22(28)25(23(29)17-26)21(27-14-7-3-4-13-24(30)31)15-19-11-8-10-18-9-5-6-12-20(18)19/h5-6,8-12,28H,3-4,7,13-17H2,1-2H3,(H,30,31). The SMILES string of the molecule is CC1(C)CC(=O)C(C(Cc2cccc3ccccc23)=NCCCCCC(=O)O)=C(O)C1. The first-order chi connectivity index (χ1) is 14.8. The average Bonchev–Trinajstić information content (AvgIpc) is 2.69. The average molecular weight is 422 g/mol. The number of benzene rings is 2. The molecule has 0 fully saturated rings. The first kappa shape index (κ1) is 22.7. The van der Waals surface area contributed by atoms with Crippen LogP contribution in [-0.2, 0) is 16.0 Å². The van der Waals surface area contributed by atoms with Crippen LogP contribution in [0.5, 0.6) is 0 Å². The summed E-state index contributed by atoms with van der Waals surface area (Å²) < 4.78 is 0. The largest absolute Gasteiger partial charge is 0.511 e. The summed E-state index contributed by atoms with van der Waals surface area (Å²) >= 11 is 0. The van der Waals surface area contributed by atoms with E-state index in [0.29, 0.717) is 43.5 Å². The number of carbonyl (C=O) groups is 2. The van der Waals surface area contributed by atoms with Gasteiger partial charge in [-0.3, -0.25) is 14.6 Å². The van der Waals surface area contributed by atoms with Crippen molar-refractivity contribution < 1.29 is 19.8 Å². The molecular formula is C26H31NO4. The second-order valence-corrected chi connectivity index (χ2v) is 9.11. The van der Waals surface area contributed by atoms with E-state index >= 15 is 0 Å². The predicted molar refractivity (Wildman–Crippen MR) is 124 cm³/mol. The maximum Gasteiger partial charge on any atom is 0.303 e. The van der Waals surface area contributed by atoms with Crippen molar-refractivity contribution in [1.82, 2.24) is 0 Å². The van der Waals surface area contributed by atoms with Crippen molar-refractivity contribution in [2.24, 2.45) is 10.4 Å². The summed E-state index contributed by atoms with van der Waals surface area (Å²) in [6.45, 7) is 4.48. The minimum Gasteiger partial charge on any atom is -0.511 e. The fraction of sp³-hybridized carbons (Fsp3) is 0.423. The van der Waals surface area contributed by atoms with E-state index in [9.17, 15) is 14.7 Å². The number of nitrogens with zero attached hydrogens (tertiary/aromatic N) is 1. The van der Waals surface area contributed by atoms with Gasteiger partial charge in [0.05, 0.1) is 11.3 Å². The van der Waals surface area contributed by atoms with Gasteiger partial charge in [0.25, 0.3) is 0 Å². The van der Waals surface area contributed by atoms with Crippen LogP contribution in [0.1, 0.15) is 57.9 Å². The number of hydrogen-bond donors (Lipinski definition) is 2. The number of carboxylic acid groups (broad SMARTS) is 1. The number of carboxylic acids is 1. The zero-order valence-electron chi connectivity index (χ0n) is 18.4. The van der Waals surface area contributed by atoms with Gasteiger partial charge in [0.15, 0.2) is 5.78 Å². The molecule has 31 heavy (non-hydrogen) atoms. The maximum atomic E-state index is 13.0. The lowest BCUT2D eigenvalue weighted by molar-refractivity contribution is -0.137. The molecule has 5 heteroatoms. The van der Waals surface area contributed by atoms with E-state index in [1.165, 1.54) is 0 Å². The first-order valence-corrected chi connectivity index (χ1v) is 10.9. The van der Waals surface area contributed by atoms with E-state index in [2.05, 4.69) is 18.2 Å². The highest BCUT2D eigenvalue weighted by Crippen LogP contribution is 2.36. The van der Waals surface area contributed by atoms with Crippen molar-refractivity contribution in [2.75, 3.05) is 6.54 Å². The van der Waals surface area contributed by atoms with Crippen LogP contribution in [-0.4, -0.2) is 34.2 Å². The van der Waals surface area contributed by atoms with Crippen molar-refractivity contribution in [1.29, 1.82) is 0 Å². The second kappa shape index (κ2) is 9.90. The van der Waals surface area contributed by atoms with Gasteiger partial charge in [0, 0.05) is 32.2 Å². The molecule has 0 saturated carbocycles. The summed E-state index contributed by atoms with van der Waals surface area (Å²) in [7, 11) is 0. The first-order valence-electron chi connectivity index (χ1n) is 10.9. The van der Waals surface area contributed by atoms with E-state index in [0.717, 1.165) is 29.2 Å². The van der Waals surface area contributed by atoms with Crippen LogP contribution in [0.3, 0.4) is 0 Å². The third-order valence-corrected chi connectivity index (χ3v) is 5.73. The van der Waals surface area contributed by atoms with E-state index in [4.69, 9.17) is 10.1 Å². The number of aliphatic hydroxyl groups is 1. The molecule has 0 aromatic heterocycles. The number of aliphatic carboxylic acids is 1. The molecule has 0 saturated heterocycles. The number of Topliss-reactive ketones (excluding diaryl/α,β-unsaturated/α-hetero) is 1. The topological polar surface area (TPSA) is 87.0 Å². The molecule has 0 spiro atoms. The summed E-state index contributed by atoms with van der Waals surface area (Å²) in [5.74, 6) is -0.713. The number of rotatable bonds is 9. The van der Waals surface area contributed by atoms with Crippen LogP contribution >= 0.6 is 0 Å². The highest BCUT2D eigenvalue weighted by atomic mass is 16.4. The number of allylic oxidation sites excluding steroid dienone is 2. The Morgan fingerprint density at radius 3 is 2.52 bits per heavy atom. The lowest BCUT2D eigenvalue weighted by atomic mass is 9.75. The van der Waals surface area contributed by atoms with Gasteiger partial charge in [-0.25, -0.2) is 0 Å². The van der Waals surface area contributed by atoms with Gasteiger partial charge in [-0.05, 0) is 34.6 Å². The number of fused-ring (bicyclic) bond motifs is 1. The molecule has 0 aliphatic heterocycles. The number of aliphatic imine (C=N–C) groups is 1. The van der Waals surface area contributed by atoms with E-state index < -0.39 is 5.97 Å². The quantitative estimate of drug-likeness (QED) is 0.403. The summed E-state index contributed by atoms with van der Waals surface area (Å²) in [4.78, 5) is 28.4. The van der Waals surface area contributed by atoms with Crippen LogP contribution in [0.25, 0.3) is 10.8 Å². The smallest absolute Gasteiger partial charge is 0.303 e. The summed E-state index contributed by atoms with van der Waals surface area (Å²) in [5.41, 5.74) is 1.82. The number of aliphatic hydroxyl groups excluding tert-OH is 1. The van der Waals surface area contributed by atoms with Crippen LogP contribution in [0.15, 0.2) is 58.8 Å². The van der Waals surface area contributed by atoms with Crippen molar-refractivity contribution >= 4 is 28.2 Å². The fourth-order valence-electron chi connectivity index (χ4n) is 4.24. The molecule has 1 aliphatic rings. The van der Waals surface area contributed by atoms with Gasteiger partial charge >= 0.3 is 5.97 Å².